The van der Waals surface area contributed by atoms with Gasteiger partial charge in [-0.1, -0.05) is 0 Å². The maximum atomic E-state index is 13.2. The predicted molar refractivity (Wildman–Crippen MR) is 57.8 cm³/mol. The number of amides is 1. The fourth-order valence-corrected chi connectivity index (χ4v) is 2.21. The Hall–Kier alpha value is -0.880. The molecular weight excluding hydrogens is 281 g/mol. The van der Waals surface area contributed by atoms with E-state index in [1.165, 1.54) is 17.2 Å². The second kappa shape index (κ2) is 4.55. The van der Waals surface area contributed by atoms with Crippen LogP contribution in [0.1, 0.15) is 16.8 Å². The second-order valence-electron chi connectivity index (χ2n) is 3.77. The molecule has 1 N–H and O–H groups in total. The maximum absolute atomic E-state index is 13.2. The Morgan fingerprint density at radius 3 is 3.06 bits per heavy atom. The molecule has 6 heteroatoms. The zero-order valence-corrected chi connectivity index (χ0v) is 9.98. The summed E-state index contributed by atoms with van der Waals surface area (Å²) in [6.45, 7) is -0.182. The van der Waals surface area contributed by atoms with Gasteiger partial charge in [0.2, 0.25) is 0 Å². The summed E-state index contributed by atoms with van der Waals surface area (Å²) in [7, 11) is 0. The molecule has 1 fully saturated rings. The number of aliphatic hydroxyl groups excluding tert-OH is 1. The summed E-state index contributed by atoms with van der Waals surface area (Å²) >= 11 is 3.09. The highest BCUT2D eigenvalue weighted by molar-refractivity contribution is 9.10. The maximum Gasteiger partial charge on any atom is 0.257 e. The van der Waals surface area contributed by atoms with E-state index in [0.717, 1.165) is 0 Å². The first-order valence-corrected chi connectivity index (χ1v) is 5.71. The summed E-state index contributed by atoms with van der Waals surface area (Å²) in [5.41, 5.74) is 0.361. The number of furan rings is 1. The Morgan fingerprint density at radius 1 is 1.75 bits per heavy atom. The smallest absolute Gasteiger partial charge is 0.257 e. The first-order chi connectivity index (χ1) is 7.61. The Labute approximate surface area is 100 Å². The standard InChI is InChI=1S/C10H11BrFNO3/c11-9-1-6(5-16-9)10(15)13-3-7(12)2-8(13)4-14/h1,5,7-8,14H,2-4H2/t7-,8-/m0/s1. The van der Waals surface area contributed by atoms with Gasteiger partial charge in [-0.25, -0.2) is 4.39 Å². The minimum absolute atomic E-state index is 0.0346. The molecule has 2 heterocycles. The molecule has 1 saturated heterocycles. The van der Waals surface area contributed by atoms with E-state index in [0.29, 0.717) is 10.2 Å². The van der Waals surface area contributed by atoms with E-state index in [9.17, 15) is 9.18 Å². The van der Waals surface area contributed by atoms with Crippen molar-refractivity contribution in [2.24, 2.45) is 0 Å². The Morgan fingerprint density at radius 2 is 2.50 bits per heavy atom. The molecule has 0 saturated carbocycles. The molecule has 16 heavy (non-hydrogen) atoms. The highest BCUT2D eigenvalue weighted by atomic mass is 79.9. The van der Waals surface area contributed by atoms with Gasteiger partial charge in [-0.05, 0) is 15.9 Å². The van der Waals surface area contributed by atoms with Gasteiger partial charge in [0.25, 0.3) is 5.91 Å². The lowest BCUT2D eigenvalue weighted by Gasteiger charge is -2.21. The summed E-state index contributed by atoms with van der Waals surface area (Å²) in [6, 6.07) is 1.10. The van der Waals surface area contributed by atoms with Crippen LogP contribution in [0.5, 0.6) is 0 Å². The average Bonchev–Trinajstić information content (AvgIpc) is 2.83. The van der Waals surface area contributed by atoms with Crippen LogP contribution in [-0.2, 0) is 0 Å². The molecule has 88 valence electrons. The number of halogens is 2. The molecule has 1 aromatic rings. The van der Waals surface area contributed by atoms with E-state index >= 15 is 0 Å². The number of hydrogen-bond acceptors (Lipinski definition) is 3. The van der Waals surface area contributed by atoms with Gasteiger partial charge >= 0.3 is 0 Å². The van der Waals surface area contributed by atoms with Crippen molar-refractivity contribution in [3.63, 3.8) is 0 Å². The van der Waals surface area contributed by atoms with E-state index in [1.54, 1.807) is 0 Å². The van der Waals surface area contributed by atoms with Gasteiger partial charge in [0.1, 0.15) is 12.4 Å². The van der Waals surface area contributed by atoms with Gasteiger partial charge in [0, 0.05) is 12.5 Å². The molecule has 2 rings (SSSR count). The van der Waals surface area contributed by atoms with E-state index in [-0.39, 0.29) is 25.5 Å². The van der Waals surface area contributed by atoms with Crippen molar-refractivity contribution in [1.29, 1.82) is 0 Å². The average molecular weight is 292 g/mol. The molecule has 0 unspecified atom stereocenters. The molecule has 2 atom stereocenters. The molecule has 0 bridgehead atoms. The van der Waals surface area contributed by atoms with E-state index in [1.807, 2.05) is 0 Å². The summed E-state index contributed by atoms with van der Waals surface area (Å²) in [5, 5.41) is 9.06. The van der Waals surface area contributed by atoms with E-state index in [4.69, 9.17) is 9.52 Å². The van der Waals surface area contributed by atoms with E-state index in [2.05, 4.69) is 15.9 Å². The molecule has 4 nitrogen and oxygen atoms in total. The van der Waals surface area contributed by atoms with Crippen LogP contribution in [0, 0.1) is 0 Å². The van der Waals surface area contributed by atoms with Crippen molar-refractivity contribution in [2.45, 2.75) is 18.6 Å². The molecule has 0 radical (unpaired) electrons. The minimum Gasteiger partial charge on any atom is -0.457 e. The third-order valence-electron chi connectivity index (χ3n) is 2.65. The zero-order chi connectivity index (χ0) is 11.7. The molecule has 0 aliphatic carbocycles. The van der Waals surface area contributed by atoms with Crippen molar-refractivity contribution >= 4 is 21.8 Å². The Kier molecular flexibility index (Phi) is 3.30. The molecule has 1 amide bonds. The number of alkyl halides is 1. The topological polar surface area (TPSA) is 53.7 Å². The zero-order valence-electron chi connectivity index (χ0n) is 8.40. The van der Waals surface area contributed by atoms with Crippen molar-refractivity contribution in [2.75, 3.05) is 13.2 Å². The number of carbonyl (C=O) groups excluding carboxylic acids is 1. The number of carbonyl (C=O) groups is 1. The van der Waals surface area contributed by atoms with E-state index < -0.39 is 12.2 Å². The summed E-state index contributed by atoms with van der Waals surface area (Å²) in [4.78, 5) is 13.3. The first-order valence-electron chi connectivity index (χ1n) is 4.91. The van der Waals surface area contributed by atoms with Crippen LogP contribution < -0.4 is 0 Å². The first kappa shape index (κ1) is 11.6. The SMILES string of the molecule is O=C(c1coc(Br)c1)N1C[C@@H](F)C[C@H]1CO. The van der Waals surface area contributed by atoms with Gasteiger partial charge in [0.15, 0.2) is 4.67 Å². The van der Waals surface area contributed by atoms with Crippen molar-refractivity contribution in [3.8, 4) is 0 Å². The molecule has 1 aliphatic rings. The molecule has 0 aromatic carbocycles. The van der Waals surface area contributed by atoms with Crippen LogP contribution in [-0.4, -0.2) is 41.3 Å². The second-order valence-corrected chi connectivity index (χ2v) is 4.55. The largest absolute Gasteiger partial charge is 0.457 e. The molecule has 0 spiro atoms. The highest BCUT2D eigenvalue weighted by Crippen LogP contribution is 2.24. The van der Waals surface area contributed by atoms with Crippen LogP contribution in [0.2, 0.25) is 0 Å². The lowest BCUT2D eigenvalue weighted by molar-refractivity contribution is 0.0672. The fraction of sp³-hybridized carbons (Fsp3) is 0.500. The highest BCUT2D eigenvalue weighted by Gasteiger charge is 2.35. The fourth-order valence-electron chi connectivity index (χ4n) is 1.87. The van der Waals surface area contributed by atoms with Crippen LogP contribution in [0.4, 0.5) is 4.39 Å². The monoisotopic (exact) mass is 291 g/mol. The number of aliphatic hydroxyl groups is 1. The van der Waals surface area contributed by atoms with Gasteiger partial charge in [0.05, 0.1) is 24.8 Å². The van der Waals surface area contributed by atoms with Crippen molar-refractivity contribution in [3.05, 3.63) is 22.6 Å². The lowest BCUT2D eigenvalue weighted by Crippen LogP contribution is -2.37. The normalized spacial score (nSPS) is 25.1. The summed E-state index contributed by atoms with van der Waals surface area (Å²) < 4.78 is 18.6. The summed E-state index contributed by atoms with van der Waals surface area (Å²) in [6.07, 6.45) is 0.449. The number of likely N-dealkylation sites (tertiary alicyclic amines) is 1. The Bertz CT molecular complexity index is 395. The van der Waals surface area contributed by atoms with Gasteiger partial charge in [-0.3, -0.25) is 4.79 Å². The summed E-state index contributed by atoms with van der Waals surface area (Å²) in [5.74, 6) is -0.311. The third kappa shape index (κ3) is 2.12. The lowest BCUT2D eigenvalue weighted by atomic mass is 10.2. The number of nitrogens with zero attached hydrogens (tertiary/aromatic N) is 1. The van der Waals surface area contributed by atoms with Crippen molar-refractivity contribution < 1.29 is 18.7 Å². The van der Waals surface area contributed by atoms with Crippen LogP contribution in [0.25, 0.3) is 0 Å². The number of rotatable bonds is 2. The van der Waals surface area contributed by atoms with Crippen LogP contribution >= 0.6 is 15.9 Å². The van der Waals surface area contributed by atoms with Gasteiger partial charge in [-0.15, -0.1) is 0 Å². The van der Waals surface area contributed by atoms with Crippen LogP contribution in [0.15, 0.2) is 21.4 Å². The molecule has 1 aliphatic heterocycles. The van der Waals surface area contributed by atoms with Crippen LogP contribution in [0.3, 0.4) is 0 Å². The predicted octanol–water partition coefficient (Wildman–Crippen LogP) is 1.59. The quantitative estimate of drug-likeness (QED) is 0.900. The Balaban J connectivity index is 2.15. The number of hydrogen-bond donors (Lipinski definition) is 1. The van der Waals surface area contributed by atoms with Gasteiger partial charge in [-0.2, -0.15) is 0 Å². The third-order valence-corrected chi connectivity index (χ3v) is 3.07. The van der Waals surface area contributed by atoms with Gasteiger partial charge < -0.3 is 14.4 Å². The molecular formula is C10H11BrFNO3. The van der Waals surface area contributed by atoms with Crippen molar-refractivity contribution in [1.82, 2.24) is 4.90 Å². The minimum atomic E-state index is -1.06. The molecule has 1 aromatic heterocycles.